The quantitative estimate of drug-likeness (QED) is 0.659. The zero-order chi connectivity index (χ0) is 11.3. The molecule has 2 N–H and O–H groups in total. The summed E-state index contributed by atoms with van der Waals surface area (Å²) in [6.07, 6.45) is 3.08. The van der Waals surface area contributed by atoms with E-state index in [1.807, 2.05) is 13.1 Å². The van der Waals surface area contributed by atoms with Crippen LogP contribution in [-0.2, 0) is 16.1 Å². The van der Waals surface area contributed by atoms with Crippen molar-refractivity contribution in [1.29, 1.82) is 0 Å². The van der Waals surface area contributed by atoms with Crippen LogP contribution in [0.1, 0.15) is 12.0 Å². The summed E-state index contributed by atoms with van der Waals surface area (Å²) in [6.45, 7) is 2.85. The minimum absolute atomic E-state index is 0.382. The number of nitrogens with one attached hydrogen (secondary N) is 1. The van der Waals surface area contributed by atoms with Crippen LogP contribution in [0, 0.1) is 6.92 Å². The second-order valence-electron chi connectivity index (χ2n) is 3.20. The lowest BCUT2D eigenvalue weighted by atomic mass is 10.4. The summed E-state index contributed by atoms with van der Waals surface area (Å²) in [5.74, 6) is -1.60. The van der Waals surface area contributed by atoms with E-state index in [1.54, 1.807) is 10.9 Å². The van der Waals surface area contributed by atoms with E-state index in [0.717, 1.165) is 5.56 Å². The number of aliphatic carboxylic acids is 1. The Labute approximate surface area is 86.9 Å². The lowest BCUT2D eigenvalue weighted by Gasteiger charge is -2.03. The van der Waals surface area contributed by atoms with Gasteiger partial charge in [0.2, 0.25) is 5.91 Å². The van der Waals surface area contributed by atoms with Crippen LogP contribution in [0.15, 0.2) is 12.4 Å². The maximum Gasteiger partial charge on any atom is 0.312 e. The van der Waals surface area contributed by atoms with Gasteiger partial charge in [0.1, 0.15) is 6.42 Å². The molecule has 82 valence electrons. The van der Waals surface area contributed by atoms with Crippen LogP contribution in [0.3, 0.4) is 0 Å². The third kappa shape index (κ3) is 4.26. The van der Waals surface area contributed by atoms with E-state index in [0.29, 0.717) is 13.1 Å². The van der Waals surface area contributed by atoms with Gasteiger partial charge in [-0.3, -0.25) is 14.3 Å². The lowest BCUT2D eigenvalue weighted by Crippen LogP contribution is -2.28. The molecule has 0 bridgehead atoms. The molecule has 0 spiro atoms. The molecule has 0 saturated heterocycles. The molecule has 0 aliphatic heterocycles. The van der Waals surface area contributed by atoms with Crippen LogP contribution in [0.4, 0.5) is 0 Å². The third-order valence-electron chi connectivity index (χ3n) is 1.74. The monoisotopic (exact) mass is 211 g/mol. The minimum Gasteiger partial charge on any atom is -0.481 e. The number of hydrogen-bond donors (Lipinski definition) is 2. The Kier molecular flexibility index (Phi) is 3.84. The number of amides is 1. The molecule has 6 nitrogen and oxygen atoms in total. The molecule has 1 rings (SSSR count). The number of hydrogen-bond acceptors (Lipinski definition) is 3. The molecule has 0 aliphatic rings. The van der Waals surface area contributed by atoms with Gasteiger partial charge >= 0.3 is 5.97 Å². The first kappa shape index (κ1) is 11.2. The fraction of sp³-hybridized carbons (Fsp3) is 0.444. The van der Waals surface area contributed by atoms with E-state index in [2.05, 4.69) is 10.4 Å². The standard InChI is InChI=1S/C9H13N3O3/c1-7-5-11-12(6-7)3-2-10-8(13)4-9(14)15/h5-6H,2-4H2,1H3,(H,10,13)(H,14,15). The number of carbonyl (C=O) groups excluding carboxylic acids is 1. The fourth-order valence-corrected chi connectivity index (χ4v) is 1.10. The van der Waals surface area contributed by atoms with Crippen molar-refractivity contribution in [2.75, 3.05) is 6.54 Å². The topological polar surface area (TPSA) is 84.2 Å². The molecule has 1 aromatic heterocycles. The highest BCUT2D eigenvalue weighted by Gasteiger charge is 2.05. The van der Waals surface area contributed by atoms with Crippen molar-refractivity contribution in [2.24, 2.45) is 0 Å². The van der Waals surface area contributed by atoms with E-state index in [-0.39, 0.29) is 0 Å². The summed E-state index contributed by atoms with van der Waals surface area (Å²) in [7, 11) is 0. The summed E-state index contributed by atoms with van der Waals surface area (Å²) in [4.78, 5) is 21.1. The van der Waals surface area contributed by atoms with Gasteiger partial charge in [-0.15, -0.1) is 0 Å². The number of carboxylic acid groups (broad SMARTS) is 1. The number of carbonyl (C=O) groups is 2. The largest absolute Gasteiger partial charge is 0.481 e. The van der Waals surface area contributed by atoms with Crippen LogP contribution in [0.2, 0.25) is 0 Å². The van der Waals surface area contributed by atoms with Gasteiger partial charge in [0, 0.05) is 12.7 Å². The lowest BCUT2D eigenvalue weighted by molar-refractivity contribution is -0.140. The maximum atomic E-state index is 10.9. The van der Waals surface area contributed by atoms with Gasteiger partial charge in [-0.1, -0.05) is 0 Å². The first-order chi connectivity index (χ1) is 7.08. The van der Waals surface area contributed by atoms with Crippen LogP contribution >= 0.6 is 0 Å². The Morgan fingerprint density at radius 3 is 2.87 bits per heavy atom. The molecule has 1 heterocycles. The first-order valence-electron chi connectivity index (χ1n) is 4.55. The maximum absolute atomic E-state index is 10.9. The summed E-state index contributed by atoms with van der Waals surface area (Å²) in [5, 5.41) is 14.8. The first-order valence-corrected chi connectivity index (χ1v) is 4.55. The molecule has 0 fully saturated rings. The molecule has 0 atom stereocenters. The Bertz CT molecular complexity index is 359. The van der Waals surface area contributed by atoms with Crippen molar-refractivity contribution in [3.05, 3.63) is 18.0 Å². The number of carboxylic acids is 1. The summed E-state index contributed by atoms with van der Waals surface area (Å²) >= 11 is 0. The molecular formula is C9H13N3O3. The Hall–Kier alpha value is -1.85. The SMILES string of the molecule is Cc1cnn(CCNC(=O)CC(=O)O)c1. The molecule has 0 radical (unpaired) electrons. The van der Waals surface area contributed by atoms with Gasteiger partial charge in [-0.05, 0) is 12.5 Å². The molecule has 15 heavy (non-hydrogen) atoms. The van der Waals surface area contributed by atoms with E-state index in [9.17, 15) is 9.59 Å². The number of rotatable bonds is 5. The molecule has 1 aromatic rings. The Morgan fingerprint density at radius 1 is 1.60 bits per heavy atom. The molecule has 0 aliphatic carbocycles. The number of aryl methyl sites for hydroxylation is 1. The highest BCUT2D eigenvalue weighted by molar-refractivity contribution is 5.93. The summed E-state index contributed by atoms with van der Waals surface area (Å²) < 4.78 is 1.69. The number of nitrogens with zero attached hydrogens (tertiary/aromatic N) is 2. The highest BCUT2D eigenvalue weighted by Crippen LogP contribution is 1.92. The van der Waals surface area contributed by atoms with Gasteiger partial charge in [0.05, 0.1) is 12.7 Å². The van der Waals surface area contributed by atoms with Crippen molar-refractivity contribution < 1.29 is 14.7 Å². The van der Waals surface area contributed by atoms with E-state index in [4.69, 9.17) is 5.11 Å². The Morgan fingerprint density at radius 2 is 2.33 bits per heavy atom. The second-order valence-corrected chi connectivity index (χ2v) is 3.20. The average molecular weight is 211 g/mol. The minimum atomic E-state index is -1.12. The fourth-order valence-electron chi connectivity index (χ4n) is 1.10. The molecule has 0 aromatic carbocycles. The summed E-state index contributed by atoms with van der Waals surface area (Å²) in [6, 6.07) is 0. The normalized spacial score (nSPS) is 9.93. The smallest absolute Gasteiger partial charge is 0.312 e. The predicted molar refractivity (Wildman–Crippen MR) is 52.2 cm³/mol. The average Bonchev–Trinajstić information content (AvgIpc) is 2.50. The van der Waals surface area contributed by atoms with Crippen molar-refractivity contribution in [2.45, 2.75) is 19.9 Å². The van der Waals surface area contributed by atoms with Gasteiger partial charge in [-0.2, -0.15) is 5.10 Å². The van der Waals surface area contributed by atoms with E-state index in [1.165, 1.54) is 0 Å². The van der Waals surface area contributed by atoms with Crippen molar-refractivity contribution in [3.8, 4) is 0 Å². The van der Waals surface area contributed by atoms with E-state index < -0.39 is 18.3 Å². The van der Waals surface area contributed by atoms with Crippen LogP contribution in [0.5, 0.6) is 0 Å². The van der Waals surface area contributed by atoms with Crippen LogP contribution in [-0.4, -0.2) is 33.3 Å². The zero-order valence-electron chi connectivity index (χ0n) is 8.43. The molecule has 1 amide bonds. The second kappa shape index (κ2) is 5.14. The highest BCUT2D eigenvalue weighted by atomic mass is 16.4. The van der Waals surface area contributed by atoms with Gasteiger partial charge in [-0.25, -0.2) is 0 Å². The van der Waals surface area contributed by atoms with Crippen molar-refractivity contribution >= 4 is 11.9 Å². The third-order valence-corrected chi connectivity index (χ3v) is 1.74. The van der Waals surface area contributed by atoms with Gasteiger partial charge in [0.15, 0.2) is 0 Å². The van der Waals surface area contributed by atoms with Gasteiger partial charge in [0.25, 0.3) is 0 Å². The molecule has 6 heteroatoms. The van der Waals surface area contributed by atoms with Crippen LogP contribution < -0.4 is 5.32 Å². The van der Waals surface area contributed by atoms with E-state index >= 15 is 0 Å². The summed E-state index contributed by atoms with van der Waals surface area (Å²) in [5.41, 5.74) is 1.05. The predicted octanol–water partition coefficient (Wildman–Crippen LogP) is -0.218. The van der Waals surface area contributed by atoms with Crippen LogP contribution in [0.25, 0.3) is 0 Å². The Balaban J connectivity index is 2.22. The van der Waals surface area contributed by atoms with Crippen molar-refractivity contribution in [1.82, 2.24) is 15.1 Å². The molecule has 0 saturated carbocycles. The molecule has 0 unspecified atom stereocenters. The zero-order valence-corrected chi connectivity index (χ0v) is 8.43. The number of aromatic nitrogens is 2. The molecular weight excluding hydrogens is 198 g/mol. The van der Waals surface area contributed by atoms with Crippen molar-refractivity contribution in [3.63, 3.8) is 0 Å². The van der Waals surface area contributed by atoms with Gasteiger partial charge < -0.3 is 10.4 Å².